The number of carboxylic acids is 1. The number of carbonyl (C=O) groups excluding carboxylic acids is 1. The molecule has 1 fully saturated rings. The van der Waals surface area contributed by atoms with E-state index in [4.69, 9.17) is 5.11 Å². The SMILES string of the molecule is O=C(O)c1ccc(S(=O)(=O)Nc2ccc(CC(=O)N3CCN(c4ncccn4)CC3)cc2)cc1. The minimum absolute atomic E-state index is 0.000445. The van der Waals surface area contributed by atoms with Gasteiger partial charge < -0.3 is 14.9 Å². The van der Waals surface area contributed by atoms with Crippen LogP contribution < -0.4 is 9.62 Å². The zero-order valence-electron chi connectivity index (χ0n) is 18.2. The summed E-state index contributed by atoms with van der Waals surface area (Å²) in [6, 6.07) is 13.3. The summed E-state index contributed by atoms with van der Waals surface area (Å²) in [5, 5.41) is 8.95. The van der Waals surface area contributed by atoms with Crippen molar-refractivity contribution in [1.29, 1.82) is 0 Å². The quantitative estimate of drug-likeness (QED) is 0.523. The van der Waals surface area contributed by atoms with Crippen LogP contribution in [0.3, 0.4) is 0 Å². The first-order valence-corrected chi connectivity index (χ1v) is 12.0. The minimum atomic E-state index is -3.87. The second-order valence-corrected chi connectivity index (χ2v) is 9.41. The van der Waals surface area contributed by atoms with Crippen LogP contribution in [0, 0.1) is 0 Å². The average Bonchev–Trinajstić information content (AvgIpc) is 2.86. The Bertz CT molecular complexity index is 1260. The van der Waals surface area contributed by atoms with Gasteiger partial charge in [-0.2, -0.15) is 0 Å². The zero-order chi connectivity index (χ0) is 24.1. The predicted molar refractivity (Wildman–Crippen MR) is 125 cm³/mol. The fraction of sp³-hybridized carbons (Fsp3) is 0.217. The number of rotatable bonds is 7. The highest BCUT2D eigenvalue weighted by Crippen LogP contribution is 2.18. The van der Waals surface area contributed by atoms with E-state index in [1.54, 1.807) is 47.6 Å². The van der Waals surface area contributed by atoms with E-state index >= 15 is 0 Å². The van der Waals surface area contributed by atoms with E-state index in [1.807, 2.05) is 4.90 Å². The third-order valence-corrected chi connectivity index (χ3v) is 6.84. The monoisotopic (exact) mass is 481 g/mol. The molecule has 0 aliphatic carbocycles. The average molecular weight is 482 g/mol. The molecular formula is C23H23N5O5S. The van der Waals surface area contributed by atoms with E-state index in [9.17, 15) is 18.0 Å². The Labute approximate surface area is 196 Å². The number of benzene rings is 2. The molecule has 0 saturated carbocycles. The summed E-state index contributed by atoms with van der Waals surface area (Å²) in [6.45, 7) is 2.47. The molecule has 11 heteroatoms. The number of aromatic nitrogens is 2. The molecule has 3 aromatic rings. The van der Waals surface area contributed by atoms with E-state index in [1.165, 1.54) is 24.3 Å². The first kappa shape index (κ1) is 23.2. The third-order valence-electron chi connectivity index (χ3n) is 5.44. The summed E-state index contributed by atoms with van der Waals surface area (Å²) < 4.78 is 27.6. The number of anilines is 2. The molecule has 0 spiro atoms. The molecular weight excluding hydrogens is 458 g/mol. The van der Waals surface area contributed by atoms with E-state index in [-0.39, 0.29) is 22.8 Å². The second-order valence-electron chi connectivity index (χ2n) is 7.73. The van der Waals surface area contributed by atoms with E-state index in [0.717, 1.165) is 5.56 Å². The number of hydrogen-bond acceptors (Lipinski definition) is 7. The summed E-state index contributed by atoms with van der Waals surface area (Å²) in [5.74, 6) is -0.472. The lowest BCUT2D eigenvalue weighted by molar-refractivity contribution is -0.130. The van der Waals surface area contributed by atoms with Gasteiger partial charge in [0.2, 0.25) is 11.9 Å². The van der Waals surface area contributed by atoms with E-state index in [0.29, 0.717) is 37.8 Å². The Morgan fingerprint density at radius 2 is 1.53 bits per heavy atom. The summed E-state index contributed by atoms with van der Waals surface area (Å²) in [5.41, 5.74) is 1.12. The standard InChI is InChI=1S/C23H23N5O5S/c29-21(27-12-14-28(15-13-27)23-24-10-1-11-25-23)16-17-2-6-19(7-3-17)26-34(32,33)20-8-4-18(5-9-20)22(30)31/h1-11,26H,12-16H2,(H,30,31). The lowest BCUT2D eigenvalue weighted by Crippen LogP contribution is -2.49. The van der Waals surface area contributed by atoms with Crippen molar-refractivity contribution < 1.29 is 23.1 Å². The summed E-state index contributed by atoms with van der Waals surface area (Å²) in [4.78, 5) is 35.9. The maximum absolute atomic E-state index is 12.7. The van der Waals surface area contributed by atoms with Crippen molar-refractivity contribution in [2.75, 3.05) is 35.8 Å². The molecule has 2 aromatic carbocycles. The normalized spacial score (nSPS) is 14.0. The summed E-state index contributed by atoms with van der Waals surface area (Å²) in [7, 11) is -3.87. The van der Waals surface area contributed by atoms with Gasteiger partial charge >= 0.3 is 5.97 Å². The van der Waals surface area contributed by atoms with Crippen LogP contribution in [0.15, 0.2) is 71.9 Å². The maximum Gasteiger partial charge on any atom is 0.335 e. The molecule has 1 saturated heterocycles. The Morgan fingerprint density at radius 3 is 2.12 bits per heavy atom. The minimum Gasteiger partial charge on any atom is -0.478 e. The topological polar surface area (TPSA) is 133 Å². The smallest absolute Gasteiger partial charge is 0.335 e. The number of nitrogens with one attached hydrogen (secondary N) is 1. The first-order chi connectivity index (χ1) is 16.3. The van der Waals surface area contributed by atoms with E-state index in [2.05, 4.69) is 14.7 Å². The van der Waals surface area contributed by atoms with Crippen LogP contribution in [0.5, 0.6) is 0 Å². The second kappa shape index (κ2) is 9.87. The predicted octanol–water partition coefficient (Wildman–Crippen LogP) is 1.87. The number of piperazine rings is 1. The van der Waals surface area contributed by atoms with Crippen LogP contribution in [0.1, 0.15) is 15.9 Å². The molecule has 2 N–H and O–H groups in total. The number of sulfonamides is 1. The van der Waals surface area contributed by atoms with Crippen LogP contribution >= 0.6 is 0 Å². The van der Waals surface area contributed by atoms with Gasteiger partial charge in [0.25, 0.3) is 10.0 Å². The van der Waals surface area contributed by atoms with Crippen LogP contribution in [-0.2, 0) is 21.2 Å². The van der Waals surface area contributed by atoms with Gasteiger partial charge in [-0.05, 0) is 48.0 Å². The number of amides is 1. The number of carboxylic acid groups (broad SMARTS) is 1. The number of carbonyl (C=O) groups is 2. The molecule has 34 heavy (non-hydrogen) atoms. The molecule has 10 nitrogen and oxygen atoms in total. The number of hydrogen-bond donors (Lipinski definition) is 2. The maximum atomic E-state index is 12.7. The molecule has 1 amide bonds. The zero-order valence-corrected chi connectivity index (χ0v) is 19.0. The molecule has 4 rings (SSSR count). The molecule has 1 aliphatic heterocycles. The van der Waals surface area contributed by atoms with Gasteiger partial charge in [-0.1, -0.05) is 12.1 Å². The molecule has 0 atom stereocenters. The largest absolute Gasteiger partial charge is 0.478 e. The fourth-order valence-corrected chi connectivity index (χ4v) is 4.64. The van der Waals surface area contributed by atoms with Crippen molar-refractivity contribution in [2.45, 2.75) is 11.3 Å². The Balaban J connectivity index is 1.32. The van der Waals surface area contributed by atoms with Crippen molar-refractivity contribution in [1.82, 2.24) is 14.9 Å². The van der Waals surface area contributed by atoms with Gasteiger partial charge in [-0.25, -0.2) is 23.2 Å². The summed E-state index contributed by atoms with van der Waals surface area (Å²) in [6.07, 6.45) is 3.60. The van der Waals surface area contributed by atoms with Crippen molar-refractivity contribution in [3.8, 4) is 0 Å². The highest BCUT2D eigenvalue weighted by Gasteiger charge is 2.22. The van der Waals surface area contributed by atoms with Crippen molar-refractivity contribution in [2.24, 2.45) is 0 Å². The van der Waals surface area contributed by atoms with Gasteiger partial charge in [0, 0.05) is 44.3 Å². The number of aromatic carboxylic acids is 1. The highest BCUT2D eigenvalue weighted by molar-refractivity contribution is 7.92. The molecule has 2 heterocycles. The van der Waals surface area contributed by atoms with Crippen molar-refractivity contribution in [3.05, 3.63) is 78.1 Å². The van der Waals surface area contributed by atoms with Crippen LogP contribution in [-0.4, -0.2) is 66.4 Å². The number of nitrogens with zero attached hydrogens (tertiary/aromatic N) is 4. The first-order valence-electron chi connectivity index (χ1n) is 10.6. The molecule has 1 aromatic heterocycles. The van der Waals surface area contributed by atoms with Crippen LogP contribution in [0.4, 0.5) is 11.6 Å². The van der Waals surface area contributed by atoms with Gasteiger partial charge in [0.1, 0.15) is 0 Å². The lowest BCUT2D eigenvalue weighted by atomic mass is 10.1. The molecule has 176 valence electrons. The van der Waals surface area contributed by atoms with Gasteiger partial charge in [-0.15, -0.1) is 0 Å². The van der Waals surface area contributed by atoms with E-state index < -0.39 is 16.0 Å². The van der Waals surface area contributed by atoms with Gasteiger partial charge in [0.05, 0.1) is 16.9 Å². The molecule has 1 aliphatic rings. The fourth-order valence-electron chi connectivity index (χ4n) is 3.58. The van der Waals surface area contributed by atoms with Crippen LogP contribution in [0.2, 0.25) is 0 Å². The summed E-state index contributed by atoms with van der Waals surface area (Å²) >= 11 is 0. The Kier molecular flexibility index (Phi) is 6.73. The molecule has 0 unspecified atom stereocenters. The lowest BCUT2D eigenvalue weighted by Gasteiger charge is -2.34. The van der Waals surface area contributed by atoms with Gasteiger partial charge in [0.15, 0.2) is 0 Å². The van der Waals surface area contributed by atoms with Crippen molar-refractivity contribution >= 4 is 33.5 Å². The molecule has 0 radical (unpaired) electrons. The Hall–Kier alpha value is -3.99. The van der Waals surface area contributed by atoms with Crippen LogP contribution in [0.25, 0.3) is 0 Å². The molecule has 0 bridgehead atoms. The van der Waals surface area contributed by atoms with Gasteiger partial charge in [-0.3, -0.25) is 9.52 Å². The third kappa shape index (κ3) is 5.49. The van der Waals surface area contributed by atoms with Crippen molar-refractivity contribution in [3.63, 3.8) is 0 Å². The Morgan fingerprint density at radius 1 is 0.912 bits per heavy atom. The highest BCUT2D eigenvalue weighted by atomic mass is 32.2.